The number of rotatable bonds is 3. The second-order valence-electron chi connectivity index (χ2n) is 6.41. The van der Waals surface area contributed by atoms with E-state index in [1.54, 1.807) is 11.0 Å². The molecule has 0 saturated carbocycles. The van der Waals surface area contributed by atoms with Crippen LogP contribution < -0.4 is 11.1 Å². The molecule has 8 heteroatoms. The van der Waals surface area contributed by atoms with Crippen LogP contribution in [0.5, 0.6) is 0 Å². The van der Waals surface area contributed by atoms with Crippen molar-refractivity contribution in [1.29, 1.82) is 0 Å². The van der Waals surface area contributed by atoms with Crippen LogP contribution in [0.3, 0.4) is 0 Å². The van der Waals surface area contributed by atoms with Gasteiger partial charge in [0.25, 0.3) is 0 Å². The predicted octanol–water partition coefficient (Wildman–Crippen LogP) is 1.76. The summed E-state index contributed by atoms with van der Waals surface area (Å²) in [5, 5.41) is 12.6. The van der Waals surface area contributed by atoms with E-state index in [1.807, 2.05) is 0 Å². The summed E-state index contributed by atoms with van der Waals surface area (Å²) in [5.41, 5.74) is 7.05. The zero-order valence-corrected chi connectivity index (χ0v) is 13.7. The van der Waals surface area contributed by atoms with Crippen molar-refractivity contribution in [3.05, 3.63) is 18.2 Å². The lowest BCUT2D eigenvalue weighted by Crippen LogP contribution is -2.49. The van der Waals surface area contributed by atoms with Crippen LogP contribution in [0.15, 0.2) is 23.1 Å². The first-order valence-corrected chi connectivity index (χ1v) is 9.52. The minimum absolute atomic E-state index is 0.0558. The van der Waals surface area contributed by atoms with Gasteiger partial charge < -0.3 is 21.1 Å². The summed E-state index contributed by atoms with van der Waals surface area (Å²) in [5.74, 6) is 0. The maximum absolute atomic E-state index is 11.5. The Hall–Kier alpha value is -1.96. The average Bonchev–Trinajstić information content (AvgIpc) is 2.72. The summed E-state index contributed by atoms with van der Waals surface area (Å²) >= 11 is 0. The minimum atomic E-state index is -3.28. The molecule has 1 aromatic rings. The van der Waals surface area contributed by atoms with Crippen LogP contribution in [0.4, 0.5) is 16.2 Å². The quantitative estimate of drug-likeness (QED) is 0.723. The first kappa shape index (κ1) is 15.9. The molecule has 2 heterocycles. The van der Waals surface area contributed by atoms with Gasteiger partial charge in [0.2, 0.25) is 0 Å². The van der Waals surface area contributed by atoms with Gasteiger partial charge in [-0.2, -0.15) is 0 Å². The van der Waals surface area contributed by atoms with Gasteiger partial charge in [-0.15, -0.1) is 0 Å². The molecule has 2 fully saturated rings. The maximum Gasteiger partial charge on any atom is 0.407 e. The highest BCUT2D eigenvalue weighted by Crippen LogP contribution is 2.37. The second-order valence-corrected chi connectivity index (χ2v) is 8.42. The Balaban J connectivity index is 1.73. The summed E-state index contributed by atoms with van der Waals surface area (Å²) < 4.78 is 23.1. The van der Waals surface area contributed by atoms with Gasteiger partial charge in [0, 0.05) is 24.4 Å². The van der Waals surface area contributed by atoms with Crippen molar-refractivity contribution >= 4 is 27.3 Å². The van der Waals surface area contributed by atoms with Crippen molar-refractivity contribution in [3.63, 3.8) is 0 Å². The topological polar surface area (TPSA) is 113 Å². The van der Waals surface area contributed by atoms with Crippen LogP contribution in [0.25, 0.3) is 0 Å². The fourth-order valence-corrected chi connectivity index (χ4v) is 4.39. The number of fused-ring (bicyclic) bond motifs is 2. The molecule has 0 radical (unpaired) electrons. The lowest BCUT2D eigenvalue weighted by atomic mass is 9.97. The van der Waals surface area contributed by atoms with E-state index in [9.17, 15) is 18.3 Å². The number of carboxylic acid groups (broad SMARTS) is 1. The van der Waals surface area contributed by atoms with Crippen LogP contribution in [-0.2, 0) is 9.84 Å². The zero-order valence-electron chi connectivity index (χ0n) is 12.9. The lowest BCUT2D eigenvalue weighted by molar-refractivity contribution is 0.0994. The van der Waals surface area contributed by atoms with Gasteiger partial charge >= 0.3 is 6.09 Å². The molecule has 0 spiro atoms. The number of sulfone groups is 1. The smallest absolute Gasteiger partial charge is 0.407 e. The van der Waals surface area contributed by atoms with Crippen molar-refractivity contribution in [2.75, 3.05) is 17.3 Å². The van der Waals surface area contributed by atoms with Gasteiger partial charge in [-0.25, -0.2) is 13.2 Å². The highest BCUT2D eigenvalue weighted by atomic mass is 32.2. The number of amides is 1. The molecule has 2 bridgehead atoms. The number of nitrogens with two attached hydrogens (primary N) is 1. The maximum atomic E-state index is 11.5. The normalized spacial score (nSPS) is 27.0. The number of nitrogens with zero attached hydrogens (tertiary/aromatic N) is 1. The minimum Gasteiger partial charge on any atom is -0.465 e. The Morgan fingerprint density at radius 2 is 1.91 bits per heavy atom. The molecule has 1 unspecified atom stereocenters. The van der Waals surface area contributed by atoms with Crippen molar-refractivity contribution < 1.29 is 18.3 Å². The number of anilines is 2. The molecule has 0 aromatic heterocycles. The molecule has 23 heavy (non-hydrogen) atoms. The van der Waals surface area contributed by atoms with E-state index in [-0.39, 0.29) is 23.0 Å². The van der Waals surface area contributed by atoms with Gasteiger partial charge in [-0.05, 0) is 43.9 Å². The van der Waals surface area contributed by atoms with Gasteiger partial charge in [-0.1, -0.05) is 0 Å². The summed E-state index contributed by atoms with van der Waals surface area (Å²) in [4.78, 5) is 13.1. The molecule has 3 rings (SSSR count). The first-order chi connectivity index (χ1) is 10.8. The zero-order chi connectivity index (χ0) is 16.8. The Bertz CT molecular complexity index is 720. The van der Waals surface area contributed by atoms with E-state index >= 15 is 0 Å². The number of hydrogen-bond donors (Lipinski definition) is 3. The van der Waals surface area contributed by atoms with E-state index in [1.165, 1.54) is 12.1 Å². The van der Waals surface area contributed by atoms with Gasteiger partial charge in [-0.3, -0.25) is 0 Å². The molecule has 1 amide bonds. The Morgan fingerprint density at radius 3 is 2.39 bits per heavy atom. The molecular weight excluding hydrogens is 318 g/mol. The van der Waals surface area contributed by atoms with Gasteiger partial charge in [0.1, 0.15) is 0 Å². The summed E-state index contributed by atoms with van der Waals surface area (Å²) in [7, 11) is -3.28. The average molecular weight is 339 g/mol. The van der Waals surface area contributed by atoms with Crippen molar-refractivity contribution in [3.8, 4) is 0 Å². The van der Waals surface area contributed by atoms with Gasteiger partial charge in [0.05, 0.1) is 16.3 Å². The number of carbonyl (C=O) groups is 1. The fraction of sp³-hybridized carbons (Fsp3) is 0.533. The highest BCUT2D eigenvalue weighted by molar-refractivity contribution is 7.90. The molecular formula is C15H21N3O4S. The number of hydrogen-bond acceptors (Lipinski definition) is 5. The number of nitrogen functional groups attached to an aromatic ring is 1. The third-order valence-corrected chi connectivity index (χ3v) is 5.88. The van der Waals surface area contributed by atoms with E-state index in [0.717, 1.165) is 31.9 Å². The molecule has 2 aliphatic heterocycles. The highest BCUT2D eigenvalue weighted by Gasteiger charge is 2.43. The molecule has 4 N–H and O–H groups in total. The Morgan fingerprint density at radius 1 is 1.30 bits per heavy atom. The first-order valence-electron chi connectivity index (χ1n) is 7.63. The number of nitrogens with one attached hydrogen (secondary N) is 1. The van der Waals surface area contributed by atoms with E-state index in [4.69, 9.17) is 5.73 Å². The second kappa shape index (κ2) is 5.59. The van der Waals surface area contributed by atoms with Crippen molar-refractivity contribution in [1.82, 2.24) is 4.90 Å². The lowest BCUT2D eigenvalue weighted by Gasteiger charge is -2.37. The molecule has 0 aliphatic carbocycles. The standard InChI is InChI=1S/C15H21N3O4S/c1-23(21,22)12-4-5-14(13(16)8-12)17-9-6-10-2-3-11(7-9)18(10)15(19)20/h4-5,8-11,17H,2-3,6-7,16H2,1H3,(H,19,20)/t9?,10-,11+. The monoisotopic (exact) mass is 339 g/mol. The van der Waals surface area contributed by atoms with Crippen LogP contribution in [-0.4, -0.2) is 48.9 Å². The molecule has 7 nitrogen and oxygen atoms in total. The van der Waals surface area contributed by atoms with Crippen LogP contribution in [0, 0.1) is 0 Å². The fourth-order valence-electron chi connectivity index (χ4n) is 3.73. The van der Waals surface area contributed by atoms with E-state index < -0.39 is 15.9 Å². The third kappa shape index (κ3) is 3.08. The van der Waals surface area contributed by atoms with Gasteiger partial charge in [0.15, 0.2) is 9.84 Å². The molecule has 126 valence electrons. The molecule has 3 atom stereocenters. The van der Waals surface area contributed by atoms with Crippen LogP contribution in [0.1, 0.15) is 25.7 Å². The predicted molar refractivity (Wildman–Crippen MR) is 87.3 cm³/mol. The van der Waals surface area contributed by atoms with E-state index in [0.29, 0.717) is 11.4 Å². The SMILES string of the molecule is CS(=O)(=O)c1ccc(NC2C[C@H]3CC[C@@H](C2)N3C(=O)O)c(N)c1. The Labute approximate surface area is 135 Å². The van der Waals surface area contributed by atoms with Crippen molar-refractivity contribution in [2.45, 2.75) is 48.7 Å². The molecule has 2 saturated heterocycles. The molecule has 1 aromatic carbocycles. The van der Waals surface area contributed by atoms with Crippen LogP contribution in [0.2, 0.25) is 0 Å². The summed E-state index contributed by atoms with van der Waals surface area (Å²) in [6.07, 6.45) is 3.60. The largest absolute Gasteiger partial charge is 0.465 e. The molecule has 2 aliphatic rings. The number of benzene rings is 1. The Kier molecular flexibility index (Phi) is 3.87. The summed E-state index contributed by atoms with van der Waals surface area (Å²) in [6, 6.07) is 4.93. The van der Waals surface area contributed by atoms with Crippen molar-refractivity contribution in [2.24, 2.45) is 0 Å². The van der Waals surface area contributed by atoms with Crippen LogP contribution >= 0.6 is 0 Å². The third-order valence-electron chi connectivity index (χ3n) is 4.76. The summed E-state index contributed by atoms with van der Waals surface area (Å²) in [6.45, 7) is 0. The number of piperidine rings is 1. The van der Waals surface area contributed by atoms with E-state index in [2.05, 4.69) is 5.32 Å².